The van der Waals surface area contributed by atoms with Gasteiger partial charge >= 0.3 is 5.97 Å². The average Bonchev–Trinajstić information content (AvgIpc) is 3.22. The van der Waals surface area contributed by atoms with Gasteiger partial charge in [-0.3, -0.25) is 9.59 Å². The van der Waals surface area contributed by atoms with Crippen molar-refractivity contribution in [3.8, 4) is 11.5 Å². The van der Waals surface area contributed by atoms with Crippen LogP contribution >= 0.6 is 11.6 Å². The number of hydrogen-bond acceptors (Lipinski definition) is 6. The maximum atomic E-state index is 12.2. The Kier molecular flexibility index (Phi) is 8.32. The number of rotatable bonds is 9. The van der Waals surface area contributed by atoms with Crippen molar-refractivity contribution < 1.29 is 28.6 Å². The Balaban J connectivity index is 1.54. The summed E-state index contributed by atoms with van der Waals surface area (Å²) in [6.45, 7) is 2.46. The van der Waals surface area contributed by atoms with Crippen LogP contribution in [0.5, 0.6) is 11.5 Å². The lowest BCUT2D eigenvalue weighted by Crippen LogP contribution is -2.24. The van der Waals surface area contributed by atoms with Crippen molar-refractivity contribution in [3.63, 3.8) is 0 Å². The fourth-order valence-electron chi connectivity index (χ4n) is 3.36. The van der Waals surface area contributed by atoms with Crippen LogP contribution in [0.1, 0.15) is 25.3 Å². The van der Waals surface area contributed by atoms with Crippen LogP contribution in [0.4, 0.5) is 11.4 Å². The van der Waals surface area contributed by atoms with Crippen molar-refractivity contribution in [2.45, 2.75) is 19.8 Å². The molecule has 0 saturated carbocycles. The van der Waals surface area contributed by atoms with Crippen molar-refractivity contribution in [2.24, 2.45) is 0 Å². The molecule has 0 spiro atoms. The third-order valence-corrected chi connectivity index (χ3v) is 5.09. The summed E-state index contributed by atoms with van der Waals surface area (Å²) in [6, 6.07) is 10.3. The number of hydrogen-bond donors (Lipinski definition) is 1. The average molecular weight is 473 g/mol. The van der Waals surface area contributed by atoms with Gasteiger partial charge in [-0.25, -0.2) is 4.79 Å². The number of ether oxygens (including phenoxy) is 3. The van der Waals surface area contributed by atoms with Crippen LogP contribution in [0.3, 0.4) is 0 Å². The summed E-state index contributed by atoms with van der Waals surface area (Å²) < 4.78 is 15.7. The quantitative estimate of drug-likeness (QED) is 0.436. The third-order valence-electron chi connectivity index (χ3n) is 4.81. The minimum absolute atomic E-state index is 0.0609. The Hall–Kier alpha value is -3.52. The predicted octanol–water partition coefficient (Wildman–Crippen LogP) is 4.07. The van der Waals surface area contributed by atoms with E-state index >= 15 is 0 Å². The fraction of sp³-hybridized carbons (Fsp3) is 0.292. The lowest BCUT2D eigenvalue weighted by atomic mass is 10.2. The summed E-state index contributed by atoms with van der Waals surface area (Å²) >= 11 is 6.20. The summed E-state index contributed by atoms with van der Waals surface area (Å²) in [4.78, 5) is 37.8. The van der Waals surface area contributed by atoms with Gasteiger partial charge < -0.3 is 24.4 Å². The summed E-state index contributed by atoms with van der Waals surface area (Å²) in [7, 11) is 1.49. The molecule has 1 aliphatic rings. The molecule has 9 heteroatoms. The van der Waals surface area contributed by atoms with Crippen molar-refractivity contribution in [1.82, 2.24) is 0 Å². The molecule has 1 N–H and O–H groups in total. The number of benzene rings is 2. The first-order valence-electron chi connectivity index (χ1n) is 10.5. The molecule has 1 saturated heterocycles. The van der Waals surface area contributed by atoms with Gasteiger partial charge in [0.25, 0.3) is 5.91 Å². The van der Waals surface area contributed by atoms with Gasteiger partial charge in [-0.15, -0.1) is 0 Å². The molecule has 2 aromatic carbocycles. The molecule has 1 heterocycles. The molecule has 3 rings (SSSR count). The van der Waals surface area contributed by atoms with Crippen LogP contribution in [0.2, 0.25) is 5.02 Å². The highest BCUT2D eigenvalue weighted by atomic mass is 35.5. The van der Waals surface area contributed by atoms with Gasteiger partial charge in [0, 0.05) is 30.4 Å². The Morgan fingerprint density at radius 2 is 2.06 bits per heavy atom. The van der Waals surface area contributed by atoms with Gasteiger partial charge in [-0.2, -0.15) is 0 Å². The van der Waals surface area contributed by atoms with Crippen molar-refractivity contribution in [1.29, 1.82) is 0 Å². The SMILES string of the molecule is CCOc1cc(/C=C/C(=O)OCC(=O)Nc2cccc(N3CCCC3=O)c2)cc(Cl)c1OC. The van der Waals surface area contributed by atoms with E-state index in [1.165, 1.54) is 19.3 Å². The molecular weight excluding hydrogens is 448 g/mol. The zero-order valence-corrected chi connectivity index (χ0v) is 19.2. The third kappa shape index (κ3) is 6.49. The van der Waals surface area contributed by atoms with E-state index in [1.54, 1.807) is 35.2 Å². The number of carbonyl (C=O) groups excluding carboxylic acids is 3. The maximum absolute atomic E-state index is 12.2. The van der Waals surface area contributed by atoms with E-state index in [0.717, 1.165) is 12.1 Å². The number of methoxy groups -OCH3 is 1. The van der Waals surface area contributed by atoms with E-state index in [2.05, 4.69) is 5.32 Å². The number of amides is 2. The van der Waals surface area contributed by atoms with E-state index < -0.39 is 18.5 Å². The minimum Gasteiger partial charge on any atom is -0.491 e. The molecule has 0 unspecified atom stereocenters. The Morgan fingerprint density at radius 1 is 1.24 bits per heavy atom. The van der Waals surface area contributed by atoms with Gasteiger partial charge in [0.1, 0.15) is 0 Å². The molecule has 0 bridgehead atoms. The van der Waals surface area contributed by atoms with Crippen LogP contribution in [0, 0.1) is 0 Å². The predicted molar refractivity (Wildman–Crippen MR) is 126 cm³/mol. The van der Waals surface area contributed by atoms with E-state index in [0.29, 0.717) is 47.3 Å². The van der Waals surface area contributed by atoms with Crippen molar-refractivity contribution in [3.05, 3.63) is 53.1 Å². The van der Waals surface area contributed by atoms with Gasteiger partial charge in [-0.1, -0.05) is 17.7 Å². The number of esters is 1. The number of anilines is 2. The number of carbonyl (C=O) groups is 3. The Labute approximate surface area is 197 Å². The fourth-order valence-corrected chi connectivity index (χ4v) is 3.66. The van der Waals surface area contributed by atoms with E-state index in [4.69, 9.17) is 25.8 Å². The standard InChI is InChI=1S/C24H25ClN2O6/c1-3-32-20-13-16(12-19(25)24(20)31-2)9-10-23(30)33-15-21(28)26-17-6-4-7-18(14-17)27-11-5-8-22(27)29/h4,6-7,9-10,12-14H,3,5,8,11,15H2,1-2H3,(H,26,28)/b10-9+. The molecule has 0 aromatic heterocycles. The molecule has 2 amide bonds. The number of nitrogens with one attached hydrogen (secondary N) is 1. The molecule has 0 aliphatic carbocycles. The highest BCUT2D eigenvalue weighted by molar-refractivity contribution is 6.32. The maximum Gasteiger partial charge on any atom is 0.331 e. The zero-order valence-electron chi connectivity index (χ0n) is 18.4. The Bertz CT molecular complexity index is 1070. The lowest BCUT2D eigenvalue weighted by Gasteiger charge is -2.16. The van der Waals surface area contributed by atoms with Crippen molar-refractivity contribution >= 4 is 46.8 Å². The topological polar surface area (TPSA) is 94.2 Å². The monoisotopic (exact) mass is 472 g/mol. The highest BCUT2D eigenvalue weighted by Crippen LogP contribution is 2.36. The molecule has 0 radical (unpaired) electrons. The molecule has 2 aromatic rings. The molecule has 174 valence electrons. The minimum atomic E-state index is -0.688. The first kappa shape index (κ1) is 24.1. The van der Waals surface area contributed by atoms with Crippen molar-refractivity contribution in [2.75, 3.05) is 37.1 Å². The van der Waals surface area contributed by atoms with Crippen LogP contribution in [0.15, 0.2) is 42.5 Å². The molecule has 1 aliphatic heterocycles. The molecule has 1 fully saturated rings. The van der Waals surface area contributed by atoms with Gasteiger partial charge in [0.15, 0.2) is 18.1 Å². The molecule has 8 nitrogen and oxygen atoms in total. The summed E-state index contributed by atoms with van der Waals surface area (Å²) in [5, 5.41) is 3.01. The normalized spacial score (nSPS) is 13.3. The van der Waals surface area contributed by atoms with Crippen LogP contribution in [-0.2, 0) is 19.1 Å². The molecular formula is C24H25ClN2O6. The van der Waals surface area contributed by atoms with Gasteiger partial charge in [0.05, 0.1) is 18.7 Å². The smallest absolute Gasteiger partial charge is 0.331 e. The number of halogens is 1. The summed E-state index contributed by atoms with van der Waals surface area (Å²) in [6.07, 6.45) is 4.04. The summed E-state index contributed by atoms with van der Waals surface area (Å²) in [5.41, 5.74) is 1.85. The molecule has 0 atom stereocenters. The number of nitrogens with zero attached hydrogens (tertiary/aromatic N) is 1. The Morgan fingerprint density at radius 3 is 2.76 bits per heavy atom. The first-order valence-corrected chi connectivity index (χ1v) is 10.8. The van der Waals surface area contributed by atoms with Crippen LogP contribution in [0.25, 0.3) is 6.08 Å². The van der Waals surface area contributed by atoms with Gasteiger partial charge in [0.2, 0.25) is 5.91 Å². The second kappa shape index (κ2) is 11.4. The van der Waals surface area contributed by atoms with Crippen LogP contribution < -0.4 is 19.7 Å². The second-order valence-corrected chi connectivity index (χ2v) is 7.56. The lowest BCUT2D eigenvalue weighted by molar-refractivity contribution is -0.142. The molecule has 33 heavy (non-hydrogen) atoms. The largest absolute Gasteiger partial charge is 0.491 e. The van der Waals surface area contributed by atoms with E-state index in [9.17, 15) is 14.4 Å². The highest BCUT2D eigenvalue weighted by Gasteiger charge is 2.21. The first-order chi connectivity index (χ1) is 15.9. The zero-order chi connectivity index (χ0) is 23.8. The van der Waals surface area contributed by atoms with Gasteiger partial charge in [-0.05, 0) is 55.3 Å². The van der Waals surface area contributed by atoms with E-state index in [-0.39, 0.29) is 5.91 Å². The second-order valence-electron chi connectivity index (χ2n) is 7.16. The summed E-state index contributed by atoms with van der Waals surface area (Å²) in [5.74, 6) is -0.254. The van der Waals surface area contributed by atoms with Crippen LogP contribution in [-0.4, -0.2) is 44.7 Å². The van der Waals surface area contributed by atoms with E-state index in [1.807, 2.05) is 13.0 Å².